The molecule has 88 valence electrons. The third-order valence-corrected chi connectivity index (χ3v) is 3.70. The summed E-state index contributed by atoms with van der Waals surface area (Å²) in [4.78, 5) is 11.2. The van der Waals surface area contributed by atoms with Crippen molar-refractivity contribution in [1.82, 2.24) is 0 Å². The smallest absolute Gasteiger partial charge is 0.132 e. The zero-order valence-corrected chi connectivity index (χ0v) is 10.0. The highest BCUT2D eigenvalue weighted by Gasteiger charge is 2.22. The second kappa shape index (κ2) is 6.26. The van der Waals surface area contributed by atoms with Crippen molar-refractivity contribution >= 4 is 5.78 Å². The Kier molecular flexibility index (Phi) is 5.30. The van der Waals surface area contributed by atoms with E-state index in [2.05, 4.69) is 0 Å². The standard InChI is InChI=1S/C13H24O2/c1-3-12(10(2)14)9-13(15)8-11-6-4-5-7-11/h11-13,15H,3-9H2,1-2H3. The van der Waals surface area contributed by atoms with Gasteiger partial charge in [0, 0.05) is 5.92 Å². The molecule has 2 atom stereocenters. The Morgan fingerprint density at radius 3 is 2.47 bits per heavy atom. The molecule has 1 saturated carbocycles. The summed E-state index contributed by atoms with van der Waals surface area (Å²) >= 11 is 0. The molecule has 0 heterocycles. The van der Waals surface area contributed by atoms with Gasteiger partial charge >= 0.3 is 0 Å². The Morgan fingerprint density at radius 2 is 2.00 bits per heavy atom. The molecule has 0 aromatic heterocycles. The van der Waals surface area contributed by atoms with Crippen LogP contribution in [0.1, 0.15) is 58.8 Å². The summed E-state index contributed by atoms with van der Waals surface area (Å²) in [5, 5.41) is 9.91. The molecule has 1 aliphatic carbocycles. The van der Waals surface area contributed by atoms with Crippen LogP contribution in [-0.4, -0.2) is 17.0 Å². The molecule has 0 amide bonds. The van der Waals surface area contributed by atoms with Crippen molar-refractivity contribution in [2.45, 2.75) is 64.9 Å². The molecule has 0 aliphatic heterocycles. The quantitative estimate of drug-likeness (QED) is 0.735. The lowest BCUT2D eigenvalue weighted by atomic mass is 9.90. The maximum absolute atomic E-state index is 11.2. The van der Waals surface area contributed by atoms with Gasteiger partial charge in [-0.3, -0.25) is 4.79 Å². The summed E-state index contributed by atoms with van der Waals surface area (Å²) in [7, 11) is 0. The number of rotatable bonds is 6. The molecule has 0 radical (unpaired) electrons. The average Bonchev–Trinajstić information content (AvgIpc) is 2.66. The van der Waals surface area contributed by atoms with Gasteiger partial charge in [0.2, 0.25) is 0 Å². The maximum Gasteiger partial charge on any atom is 0.132 e. The van der Waals surface area contributed by atoms with E-state index < -0.39 is 0 Å². The monoisotopic (exact) mass is 212 g/mol. The van der Waals surface area contributed by atoms with Gasteiger partial charge in [-0.2, -0.15) is 0 Å². The third kappa shape index (κ3) is 4.33. The number of carbonyl (C=O) groups excluding carboxylic acids is 1. The van der Waals surface area contributed by atoms with Crippen LogP contribution in [-0.2, 0) is 4.79 Å². The molecular weight excluding hydrogens is 188 g/mol. The average molecular weight is 212 g/mol. The predicted octanol–water partition coefficient (Wildman–Crippen LogP) is 2.93. The lowest BCUT2D eigenvalue weighted by Crippen LogP contribution is -2.20. The van der Waals surface area contributed by atoms with Gasteiger partial charge in [0.05, 0.1) is 6.10 Å². The first-order chi connectivity index (χ1) is 7.13. The van der Waals surface area contributed by atoms with Crippen LogP contribution in [0.15, 0.2) is 0 Å². The minimum absolute atomic E-state index is 0.0707. The van der Waals surface area contributed by atoms with E-state index in [1.165, 1.54) is 25.7 Å². The highest BCUT2D eigenvalue weighted by molar-refractivity contribution is 5.78. The second-order valence-corrected chi connectivity index (χ2v) is 4.99. The lowest BCUT2D eigenvalue weighted by molar-refractivity contribution is -0.121. The van der Waals surface area contributed by atoms with Gasteiger partial charge in [-0.05, 0) is 32.1 Å². The first-order valence-corrected chi connectivity index (χ1v) is 6.32. The zero-order chi connectivity index (χ0) is 11.3. The summed E-state index contributed by atoms with van der Waals surface area (Å²) in [6.07, 6.45) is 7.36. The van der Waals surface area contributed by atoms with Crippen molar-refractivity contribution in [3.05, 3.63) is 0 Å². The maximum atomic E-state index is 11.2. The van der Waals surface area contributed by atoms with Crippen molar-refractivity contribution in [1.29, 1.82) is 0 Å². The topological polar surface area (TPSA) is 37.3 Å². The van der Waals surface area contributed by atoms with Gasteiger partial charge in [-0.15, -0.1) is 0 Å². The minimum Gasteiger partial charge on any atom is -0.393 e. The van der Waals surface area contributed by atoms with Crippen molar-refractivity contribution in [2.24, 2.45) is 11.8 Å². The number of hydrogen-bond donors (Lipinski definition) is 1. The highest BCUT2D eigenvalue weighted by Crippen LogP contribution is 2.30. The summed E-state index contributed by atoms with van der Waals surface area (Å²) in [5.41, 5.74) is 0. The Labute approximate surface area is 93.1 Å². The van der Waals surface area contributed by atoms with E-state index in [0.29, 0.717) is 12.3 Å². The molecule has 0 bridgehead atoms. The number of ketones is 1. The molecule has 0 aromatic rings. The fourth-order valence-corrected chi connectivity index (χ4v) is 2.68. The van der Waals surface area contributed by atoms with Gasteiger partial charge in [0.15, 0.2) is 0 Å². The number of aliphatic hydroxyl groups is 1. The SMILES string of the molecule is CCC(CC(O)CC1CCCC1)C(C)=O. The molecule has 15 heavy (non-hydrogen) atoms. The van der Waals surface area contributed by atoms with Gasteiger partial charge in [-0.1, -0.05) is 32.6 Å². The number of carbonyl (C=O) groups is 1. The number of Topliss-reactive ketones (excluding diaryl/α,β-unsaturated/α-hetero) is 1. The fraction of sp³-hybridized carbons (Fsp3) is 0.923. The van der Waals surface area contributed by atoms with Crippen LogP contribution in [0.5, 0.6) is 0 Å². The van der Waals surface area contributed by atoms with Crippen molar-refractivity contribution < 1.29 is 9.90 Å². The largest absolute Gasteiger partial charge is 0.393 e. The van der Waals surface area contributed by atoms with E-state index >= 15 is 0 Å². The first-order valence-electron chi connectivity index (χ1n) is 6.32. The first kappa shape index (κ1) is 12.7. The summed E-state index contributed by atoms with van der Waals surface area (Å²) in [5.74, 6) is 1.01. The molecular formula is C13H24O2. The van der Waals surface area contributed by atoms with Gasteiger partial charge in [0.1, 0.15) is 5.78 Å². The lowest BCUT2D eigenvalue weighted by Gasteiger charge is -2.19. The van der Waals surface area contributed by atoms with E-state index in [9.17, 15) is 9.90 Å². The van der Waals surface area contributed by atoms with Crippen LogP contribution in [0, 0.1) is 11.8 Å². The highest BCUT2D eigenvalue weighted by atomic mass is 16.3. The van der Waals surface area contributed by atoms with Crippen molar-refractivity contribution in [3.63, 3.8) is 0 Å². The molecule has 1 N–H and O–H groups in total. The van der Waals surface area contributed by atoms with Gasteiger partial charge < -0.3 is 5.11 Å². The van der Waals surface area contributed by atoms with Crippen molar-refractivity contribution in [3.8, 4) is 0 Å². The molecule has 0 saturated heterocycles. The van der Waals surface area contributed by atoms with E-state index in [4.69, 9.17) is 0 Å². The molecule has 0 aromatic carbocycles. The van der Waals surface area contributed by atoms with Crippen LogP contribution >= 0.6 is 0 Å². The fourth-order valence-electron chi connectivity index (χ4n) is 2.68. The van der Waals surface area contributed by atoms with Crippen LogP contribution in [0.3, 0.4) is 0 Å². The Balaban J connectivity index is 2.26. The van der Waals surface area contributed by atoms with E-state index in [-0.39, 0.29) is 17.8 Å². The zero-order valence-electron chi connectivity index (χ0n) is 10.0. The Bertz CT molecular complexity index is 195. The van der Waals surface area contributed by atoms with Gasteiger partial charge in [-0.25, -0.2) is 0 Å². The number of aliphatic hydroxyl groups excluding tert-OH is 1. The summed E-state index contributed by atoms with van der Waals surface area (Å²) in [6, 6.07) is 0. The third-order valence-electron chi connectivity index (χ3n) is 3.70. The molecule has 2 nitrogen and oxygen atoms in total. The van der Waals surface area contributed by atoms with E-state index in [1.807, 2.05) is 6.92 Å². The van der Waals surface area contributed by atoms with Crippen LogP contribution < -0.4 is 0 Å². The molecule has 2 heteroatoms. The normalized spacial score (nSPS) is 21.5. The minimum atomic E-state index is -0.262. The molecule has 1 fully saturated rings. The van der Waals surface area contributed by atoms with Crippen LogP contribution in [0.2, 0.25) is 0 Å². The second-order valence-electron chi connectivity index (χ2n) is 4.99. The summed E-state index contributed by atoms with van der Waals surface area (Å²) < 4.78 is 0. The van der Waals surface area contributed by atoms with E-state index in [0.717, 1.165) is 12.8 Å². The molecule has 1 aliphatic rings. The molecule has 0 spiro atoms. The van der Waals surface area contributed by atoms with Crippen molar-refractivity contribution in [2.75, 3.05) is 0 Å². The predicted molar refractivity (Wildman–Crippen MR) is 61.7 cm³/mol. The van der Waals surface area contributed by atoms with E-state index in [1.54, 1.807) is 6.92 Å². The molecule has 1 rings (SSSR count). The van der Waals surface area contributed by atoms with Crippen LogP contribution in [0.4, 0.5) is 0 Å². The number of hydrogen-bond acceptors (Lipinski definition) is 2. The summed E-state index contributed by atoms with van der Waals surface area (Å²) in [6.45, 7) is 3.66. The van der Waals surface area contributed by atoms with Gasteiger partial charge in [0.25, 0.3) is 0 Å². The molecule has 2 unspecified atom stereocenters. The van der Waals surface area contributed by atoms with Crippen LogP contribution in [0.25, 0.3) is 0 Å². The Hall–Kier alpha value is -0.370. The Morgan fingerprint density at radius 1 is 1.40 bits per heavy atom.